The van der Waals surface area contributed by atoms with Gasteiger partial charge in [0.1, 0.15) is 5.75 Å². The molecule has 0 spiro atoms. The molecule has 102 valence electrons. The lowest BCUT2D eigenvalue weighted by molar-refractivity contribution is -0.806. The molecule has 0 aliphatic carbocycles. The molecular formula is C12H10N4O4. The van der Waals surface area contributed by atoms with E-state index in [1.807, 2.05) is 0 Å². The van der Waals surface area contributed by atoms with Crippen LogP contribution in [0.5, 0.6) is 5.75 Å². The van der Waals surface area contributed by atoms with Gasteiger partial charge in [0.25, 0.3) is 5.89 Å². The number of aromatic nitrogens is 4. The van der Waals surface area contributed by atoms with Crippen LogP contribution in [0.3, 0.4) is 0 Å². The summed E-state index contributed by atoms with van der Waals surface area (Å²) in [4.78, 5) is 0.284. The van der Waals surface area contributed by atoms with Crippen molar-refractivity contribution in [3.05, 3.63) is 35.2 Å². The number of benzene rings is 1. The fourth-order valence-corrected chi connectivity index (χ4v) is 1.65. The van der Waals surface area contributed by atoms with Crippen molar-refractivity contribution in [3.63, 3.8) is 0 Å². The maximum absolute atomic E-state index is 11.1. The molecule has 0 radical (unpaired) electrons. The lowest BCUT2D eigenvalue weighted by Crippen LogP contribution is -2.25. The van der Waals surface area contributed by atoms with E-state index >= 15 is 0 Å². The van der Waals surface area contributed by atoms with Crippen LogP contribution in [-0.4, -0.2) is 22.5 Å². The van der Waals surface area contributed by atoms with Gasteiger partial charge in [-0.3, -0.25) is 4.63 Å². The molecule has 1 aromatic carbocycles. The van der Waals surface area contributed by atoms with Crippen LogP contribution < -0.4 is 9.64 Å². The molecule has 2 aromatic heterocycles. The Balaban J connectivity index is 1.95. The third-order valence-corrected chi connectivity index (χ3v) is 2.79. The largest absolute Gasteiger partial charge is 0.497 e. The third-order valence-electron chi connectivity index (χ3n) is 2.79. The van der Waals surface area contributed by atoms with Gasteiger partial charge in [-0.2, -0.15) is 0 Å². The predicted molar refractivity (Wildman–Crippen MR) is 65.5 cm³/mol. The molecule has 0 atom stereocenters. The van der Waals surface area contributed by atoms with Gasteiger partial charge in [-0.05, 0) is 29.2 Å². The number of hydrogen-bond acceptors (Lipinski definition) is 7. The smallest absolute Gasteiger partial charge is 0.307 e. The van der Waals surface area contributed by atoms with Gasteiger partial charge in [-0.1, -0.05) is 0 Å². The zero-order valence-electron chi connectivity index (χ0n) is 10.7. The van der Waals surface area contributed by atoms with Crippen LogP contribution in [0, 0.1) is 12.1 Å². The standard InChI is InChI=1S/C12H10N4O4/c1-7-10(15-20-16(7)17)12-14-13-11(19-12)8-3-5-9(18-2)6-4-8/h3-6H,1-2H3. The van der Waals surface area contributed by atoms with Crippen LogP contribution >= 0.6 is 0 Å². The van der Waals surface area contributed by atoms with E-state index in [0.717, 1.165) is 11.3 Å². The second-order valence-corrected chi connectivity index (χ2v) is 4.00. The molecule has 0 aliphatic heterocycles. The fraction of sp³-hybridized carbons (Fsp3) is 0.167. The summed E-state index contributed by atoms with van der Waals surface area (Å²) in [7, 11) is 1.59. The van der Waals surface area contributed by atoms with E-state index in [9.17, 15) is 5.21 Å². The monoisotopic (exact) mass is 274 g/mol. The molecule has 0 unspecified atom stereocenters. The van der Waals surface area contributed by atoms with E-state index in [4.69, 9.17) is 9.15 Å². The normalized spacial score (nSPS) is 10.7. The highest BCUT2D eigenvalue weighted by Gasteiger charge is 2.23. The zero-order valence-corrected chi connectivity index (χ0v) is 10.7. The van der Waals surface area contributed by atoms with Crippen molar-refractivity contribution < 1.29 is 18.7 Å². The Kier molecular flexibility index (Phi) is 2.82. The molecule has 2 heterocycles. The highest BCUT2D eigenvalue weighted by molar-refractivity contribution is 5.56. The molecular weight excluding hydrogens is 264 g/mol. The van der Waals surface area contributed by atoms with Crippen LogP contribution in [0.25, 0.3) is 23.0 Å². The second kappa shape index (κ2) is 4.65. The van der Waals surface area contributed by atoms with Crippen molar-refractivity contribution in [2.24, 2.45) is 0 Å². The van der Waals surface area contributed by atoms with Gasteiger partial charge in [0.05, 0.1) is 12.3 Å². The summed E-state index contributed by atoms with van der Waals surface area (Å²) in [5, 5.41) is 22.5. The van der Waals surface area contributed by atoms with Crippen LogP contribution in [-0.2, 0) is 0 Å². The highest BCUT2D eigenvalue weighted by atomic mass is 16.8. The van der Waals surface area contributed by atoms with Gasteiger partial charge in [0.15, 0.2) is 0 Å². The lowest BCUT2D eigenvalue weighted by atomic mass is 10.2. The van der Waals surface area contributed by atoms with E-state index in [-0.39, 0.29) is 22.2 Å². The van der Waals surface area contributed by atoms with Crippen molar-refractivity contribution in [1.82, 2.24) is 15.4 Å². The Labute approximate surface area is 113 Å². The topological polar surface area (TPSA) is 101 Å². The third kappa shape index (κ3) is 1.96. The lowest BCUT2D eigenvalue weighted by Gasteiger charge is -1.98. The molecule has 8 heteroatoms. The Hall–Kier alpha value is -2.90. The van der Waals surface area contributed by atoms with Crippen molar-refractivity contribution >= 4 is 0 Å². The minimum absolute atomic E-state index is 0.131. The molecule has 0 saturated heterocycles. The first-order valence-corrected chi connectivity index (χ1v) is 5.73. The molecule has 0 amide bonds. The molecule has 0 fully saturated rings. The summed E-state index contributed by atoms with van der Waals surface area (Å²) < 4.78 is 15.0. The van der Waals surface area contributed by atoms with Crippen molar-refractivity contribution in [3.8, 4) is 28.8 Å². The van der Waals surface area contributed by atoms with Crippen LogP contribution in [0.4, 0.5) is 0 Å². The number of ether oxygens (including phenoxy) is 1. The summed E-state index contributed by atoms with van der Waals surface area (Å²) in [6, 6.07) is 7.15. The Morgan fingerprint density at radius 2 is 1.85 bits per heavy atom. The maximum Gasteiger partial charge on any atom is 0.307 e. The minimum Gasteiger partial charge on any atom is -0.497 e. The summed E-state index contributed by atoms with van der Waals surface area (Å²) >= 11 is 0. The molecule has 0 N–H and O–H groups in total. The number of nitrogens with zero attached hydrogens (tertiary/aromatic N) is 4. The van der Waals surface area contributed by atoms with Crippen molar-refractivity contribution in [1.29, 1.82) is 0 Å². The minimum atomic E-state index is 0.131. The van der Waals surface area contributed by atoms with E-state index in [1.54, 1.807) is 38.3 Å². The molecule has 0 saturated carbocycles. The van der Waals surface area contributed by atoms with Gasteiger partial charge in [0, 0.05) is 12.5 Å². The molecule has 0 bridgehead atoms. The average Bonchev–Trinajstić information content (AvgIpc) is 3.08. The Morgan fingerprint density at radius 3 is 2.45 bits per heavy atom. The molecule has 3 aromatic rings. The molecule has 20 heavy (non-hydrogen) atoms. The van der Waals surface area contributed by atoms with Crippen molar-refractivity contribution in [2.45, 2.75) is 6.92 Å². The first-order valence-electron chi connectivity index (χ1n) is 5.73. The molecule has 3 rings (SSSR count). The van der Waals surface area contributed by atoms with Crippen LogP contribution in [0.15, 0.2) is 33.3 Å². The van der Waals surface area contributed by atoms with Crippen molar-refractivity contribution in [2.75, 3.05) is 7.11 Å². The van der Waals surface area contributed by atoms with Crippen LogP contribution in [0.1, 0.15) is 5.69 Å². The van der Waals surface area contributed by atoms with Gasteiger partial charge >= 0.3 is 5.69 Å². The fourth-order valence-electron chi connectivity index (χ4n) is 1.65. The SMILES string of the molecule is COc1ccc(-c2nnc(-c3no[n+]([O-])c3C)o2)cc1. The summed E-state index contributed by atoms with van der Waals surface area (Å²) in [5.74, 6) is 1.18. The second-order valence-electron chi connectivity index (χ2n) is 4.00. The number of rotatable bonds is 3. The van der Waals surface area contributed by atoms with E-state index < -0.39 is 0 Å². The van der Waals surface area contributed by atoms with E-state index in [1.165, 1.54) is 0 Å². The summed E-state index contributed by atoms with van der Waals surface area (Å²) in [6.45, 7) is 1.55. The number of hydrogen-bond donors (Lipinski definition) is 0. The maximum atomic E-state index is 11.1. The number of methoxy groups -OCH3 is 1. The van der Waals surface area contributed by atoms with Gasteiger partial charge < -0.3 is 14.4 Å². The summed E-state index contributed by atoms with van der Waals surface area (Å²) in [6.07, 6.45) is 0. The van der Waals surface area contributed by atoms with E-state index in [2.05, 4.69) is 20.0 Å². The highest BCUT2D eigenvalue weighted by Crippen LogP contribution is 2.25. The average molecular weight is 274 g/mol. The quantitative estimate of drug-likeness (QED) is 0.664. The first kappa shape index (κ1) is 12.2. The Morgan fingerprint density at radius 1 is 1.15 bits per heavy atom. The van der Waals surface area contributed by atoms with Gasteiger partial charge in [-0.15, -0.1) is 10.2 Å². The molecule has 8 nitrogen and oxygen atoms in total. The molecule has 0 aliphatic rings. The van der Waals surface area contributed by atoms with Gasteiger partial charge in [0.2, 0.25) is 11.6 Å². The zero-order chi connectivity index (χ0) is 14.1. The van der Waals surface area contributed by atoms with Gasteiger partial charge in [-0.25, -0.2) is 0 Å². The summed E-state index contributed by atoms with van der Waals surface area (Å²) in [5.41, 5.74) is 1.22. The predicted octanol–water partition coefficient (Wildman–Crippen LogP) is 1.34. The Bertz CT molecular complexity index is 732. The van der Waals surface area contributed by atoms with E-state index in [0.29, 0.717) is 5.89 Å². The van der Waals surface area contributed by atoms with Crippen LogP contribution in [0.2, 0.25) is 0 Å². The first-order chi connectivity index (χ1) is 9.69.